The largest absolute Gasteiger partial charge is 0.497 e. The molecule has 0 radical (unpaired) electrons. The summed E-state index contributed by atoms with van der Waals surface area (Å²) in [5, 5.41) is 3.07. The Bertz CT molecular complexity index is 702. The van der Waals surface area contributed by atoms with Crippen molar-refractivity contribution in [1.82, 2.24) is 10.2 Å². The lowest BCUT2D eigenvalue weighted by atomic mass is 10.1. The van der Waals surface area contributed by atoms with E-state index in [-0.39, 0.29) is 11.9 Å². The van der Waals surface area contributed by atoms with Crippen LogP contribution >= 0.6 is 0 Å². The minimum absolute atomic E-state index is 0.0348. The number of nitrogens with zero attached hydrogens (tertiary/aromatic N) is 1. The van der Waals surface area contributed by atoms with Crippen molar-refractivity contribution in [3.63, 3.8) is 0 Å². The molecule has 1 aliphatic rings. The number of furan rings is 1. The van der Waals surface area contributed by atoms with Gasteiger partial charge in [-0.25, -0.2) is 0 Å². The molecule has 1 N–H and O–H groups in total. The Morgan fingerprint density at radius 2 is 1.89 bits per heavy atom. The zero-order chi connectivity index (χ0) is 19.1. The lowest BCUT2D eigenvalue weighted by Crippen LogP contribution is -2.36. The Balaban J connectivity index is 1.54. The summed E-state index contributed by atoms with van der Waals surface area (Å²) < 4.78 is 16.2. The van der Waals surface area contributed by atoms with Gasteiger partial charge < -0.3 is 19.2 Å². The molecule has 1 fully saturated rings. The van der Waals surface area contributed by atoms with Crippen LogP contribution in [0.15, 0.2) is 41.0 Å². The molecule has 2 heterocycles. The SMILES string of the molecule is COc1cc(CCC(=O)NCC(c2ccco2)N2CCCC2)cc(OC)c1. The van der Waals surface area contributed by atoms with E-state index in [9.17, 15) is 4.79 Å². The van der Waals surface area contributed by atoms with Crippen LogP contribution in [0.5, 0.6) is 11.5 Å². The molecule has 2 aromatic rings. The highest BCUT2D eigenvalue weighted by atomic mass is 16.5. The van der Waals surface area contributed by atoms with Gasteiger partial charge in [-0.3, -0.25) is 9.69 Å². The molecule has 3 rings (SSSR count). The number of amides is 1. The van der Waals surface area contributed by atoms with Gasteiger partial charge in [-0.05, 0) is 62.2 Å². The van der Waals surface area contributed by atoms with E-state index in [1.54, 1.807) is 20.5 Å². The topological polar surface area (TPSA) is 63.9 Å². The molecule has 1 aliphatic heterocycles. The molecular weight excluding hydrogens is 344 g/mol. The minimum Gasteiger partial charge on any atom is -0.497 e. The summed E-state index contributed by atoms with van der Waals surface area (Å²) in [4.78, 5) is 14.8. The van der Waals surface area contributed by atoms with Gasteiger partial charge in [0.2, 0.25) is 5.91 Å². The van der Waals surface area contributed by atoms with Crippen molar-refractivity contribution in [2.75, 3.05) is 33.9 Å². The molecule has 1 atom stereocenters. The Morgan fingerprint density at radius 3 is 2.48 bits per heavy atom. The fraction of sp³-hybridized carbons (Fsp3) is 0.476. The first kappa shape index (κ1) is 19.3. The number of rotatable bonds is 9. The van der Waals surface area contributed by atoms with Gasteiger partial charge >= 0.3 is 0 Å². The predicted molar refractivity (Wildman–Crippen MR) is 103 cm³/mol. The molecule has 6 heteroatoms. The van der Waals surface area contributed by atoms with Crippen molar-refractivity contribution in [2.45, 2.75) is 31.7 Å². The number of ether oxygens (including phenoxy) is 2. The van der Waals surface area contributed by atoms with Gasteiger partial charge in [0, 0.05) is 19.0 Å². The fourth-order valence-corrected chi connectivity index (χ4v) is 3.51. The molecule has 1 unspecified atom stereocenters. The van der Waals surface area contributed by atoms with E-state index < -0.39 is 0 Å². The Kier molecular flexibility index (Phi) is 6.76. The molecule has 146 valence electrons. The highest BCUT2D eigenvalue weighted by Crippen LogP contribution is 2.25. The molecule has 6 nitrogen and oxygen atoms in total. The highest BCUT2D eigenvalue weighted by Gasteiger charge is 2.25. The van der Waals surface area contributed by atoms with E-state index in [0.717, 1.165) is 35.9 Å². The number of methoxy groups -OCH3 is 2. The van der Waals surface area contributed by atoms with Crippen molar-refractivity contribution in [1.29, 1.82) is 0 Å². The summed E-state index contributed by atoms with van der Waals surface area (Å²) in [6.07, 6.45) is 5.14. The van der Waals surface area contributed by atoms with Crippen molar-refractivity contribution >= 4 is 5.91 Å². The Morgan fingerprint density at radius 1 is 1.19 bits per heavy atom. The highest BCUT2D eigenvalue weighted by molar-refractivity contribution is 5.76. The quantitative estimate of drug-likeness (QED) is 0.732. The molecule has 0 saturated carbocycles. The van der Waals surface area contributed by atoms with E-state index in [0.29, 0.717) is 19.4 Å². The first-order chi connectivity index (χ1) is 13.2. The maximum atomic E-state index is 12.4. The number of hydrogen-bond acceptors (Lipinski definition) is 5. The summed E-state index contributed by atoms with van der Waals surface area (Å²) in [6, 6.07) is 9.68. The summed E-state index contributed by atoms with van der Waals surface area (Å²) in [5.74, 6) is 2.41. The Hall–Kier alpha value is -2.47. The second-order valence-corrected chi connectivity index (χ2v) is 6.80. The standard InChI is InChI=1S/C21H28N2O4/c1-25-17-12-16(13-18(14-17)26-2)7-8-21(24)22-15-19(20-6-5-11-27-20)23-9-3-4-10-23/h5-6,11-14,19H,3-4,7-10,15H2,1-2H3,(H,22,24). The summed E-state index contributed by atoms with van der Waals surface area (Å²) in [7, 11) is 3.25. The lowest BCUT2D eigenvalue weighted by molar-refractivity contribution is -0.121. The fourth-order valence-electron chi connectivity index (χ4n) is 3.51. The first-order valence-corrected chi connectivity index (χ1v) is 9.45. The second kappa shape index (κ2) is 9.46. The Labute approximate surface area is 160 Å². The van der Waals surface area contributed by atoms with Crippen LogP contribution in [0, 0.1) is 0 Å². The third kappa shape index (κ3) is 5.26. The van der Waals surface area contributed by atoms with Crippen molar-refractivity contribution < 1.29 is 18.7 Å². The van der Waals surface area contributed by atoms with Crippen LogP contribution in [-0.2, 0) is 11.2 Å². The van der Waals surface area contributed by atoms with E-state index in [2.05, 4.69) is 10.2 Å². The predicted octanol–water partition coefficient (Wildman–Crippen LogP) is 3.18. The molecule has 0 bridgehead atoms. The molecule has 0 spiro atoms. The van der Waals surface area contributed by atoms with Crippen LogP contribution < -0.4 is 14.8 Å². The van der Waals surface area contributed by atoms with Gasteiger partial charge in [0.25, 0.3) is 0 Å². The minimum atomic E-state index is 0.0348. The number of benzene rings is 1. The monoisotopic (exact) mass is 372 g/mol. The third-order valence-corrected chi connectivity index (χ3v) is 5.00. The molecule has 1 aromatic heterocycles. The second-order valence-electron chi connectivity index (χ2n) is 6.80. The molecule has 1 saturated heterocycles. The van der Waals surface area contributed by atoms with Crippen LogP contribution in [0.2, 0.25) is 0 Å². The number of aryl methyl sites for hydroxylation is 1. The summed E-state index contributed by atoms with van der Waals surface area (Å²) >= 11 is 0. The van der Waals surface area contributed by atoms with Crippen molar-refractivity contribution in [2.24, 2.45) is 0 Å². The normalized spacial score (nSPS) is 15.5. The van der Waals surface area contributed by atoms with Crippen LogP contribution in [0.4, 0.5) is 0 Å². The molecule has 0 aliphatic carbocycles. The van der Waals surface area contributed by atoms with Crippen LogP contribution in [0.3, 0.4) is 0 Å². The van der Waals surface area contributed by atoms with Gasteiger partial charge in [-0.2, -0.15) is 0 Å². The zero-order valence-electron chi connectivity index (χ0n) is 16.1. The van der Waals surface area contributed by atoms with Crippen molar-refractivity contribution in [3.8, 4) is 11.5 Å². The average Bonchev–Trinajstić information content (AvgIpc) is 3.41. The van der Waals surface area contributed by atoms with Crippen LogP contribution in [0.25, 0.3) is 0 Å². The van der Waals surface area contributed by atoms with Gasteiger partial charge in [0.15, 0.2) is 0 Å². The van der Waals surface area contributed by atoms with Gasteiger partial charge in [0.1, 0.15) is 17.3 Å². The molecular formula is C21H28N2O4. The van der Waals surface area contributed by atoms with Gasteiger partial charge in [-0.15, -0.1) is 0 Å². The van der Waals surface area contributed by atoms with Crippen LogP contribution in [0.1, 0.15) is 36.6 Å². The smallest absolute Gasteiger partial charge is 0.220 e. The van der Waals surface area contributed by atoms with E-state index in [4.69, 9.17) is 13.9 Å². The number of likely N-dealkylation sites (tertiary alicyclic amines) is 1. The summed E-state index contributed by atoms with van der Waals surface area (Å²) in [5.41, 5.74) is 1.02. The van der Waals surface area contributed by atoms with Crippen molar-refractivity contribution in [3.05, 3.63) is 47.9 Å². The van der Waals surface area contributed by atoms with E-state index in [1.807, 2.05) is 30.3 Å². The zero-order valence-corrected chi connectivity index (χ0v) is 16.1. The van der Waals surface area contributed by atoms with E-state index >= 15 is 0 Å². The number of nitrogens with one attached hydrogen (secondary N) is 1. The average molecular weight is 372 g/mol. The molecule has 27 heavy (non-hydrogen) atoms. The van der Waals surface area contributed by atoms with Crippen LogP contribution in [-0.4, -0.2) is 44.7 Å². The first-order valence-electron chi connectivity index (χ1n) is 9.45. The maximum absolute atomic E-state index is 12.4. The molecule has 1 aromatic carbocycles. The third-order valence-electron chi connectivity index (χ3n) is 5.00. The van der Waals surface area contributed by atoms with Gasteiger partial charge in [-0.1, -0.05) is 0 Å². The lowest BCUT2D eigenvalue weighted by Gasteiger charge is -2.26. The number of carbonyl (C=O) groups is 1. The number of carbonyl (C=O) groups excluding carboxylic acids is 1. The molecule has 1 amide bonds. The van der Waals surface area contributed by atoms with E-state index in [1.165, 1.54) is 12.8 Å². The maximum Gasteiger partial charge on any atom is 0.220 e. The summed E-state index contributed by atoms with van der Waals surface area (Å²) in [6.45, 7) is 2.66. The van der Waals surface area contributed by atoms with Gasteiger partial charge in [0.05, 0.1) is 26.5 Å². The number of hydrogen-bond donors (Lipinski definition) is 1.